The molecule has 0 atom stereocenters. The van der Waals surface area contributed by atoms with Gasteiger partial charge in [0.25, 0.3) is 0 Å². The van der Waals surface area contributed by atoms with Crippen LogP contribution in [0.2, 0.25) is 0 Å². The maximum Gasteiger partial charge on any atom is 0.439 e. The summed E-state index contributed by atoms with van der Waals surface area (Å²) in [6, 6.07) is 15.1. The van der Waals surface area contributed by atoms with Gasteiger partial charge in [-0.1, -0.05) is 18.2 Å². The van der Waals surface area contributed by atoms with Gasteiger partial charge in [0.1, 0.15) is 5.52 Å². The van der Waals surface area contributed by atoms with Crippen molar-refractivity contribution in [1.29, 1.82) is 0 Å². The van der Waals surface area contributed by atoms with Crippen LogP contribution in [0.3, 0.4) is 0 Å². The third kappa shape index (κ3) is 3.16. The Balaban J connectivity index is 1.48. The van der Waals surface area contributed by atoms with Gasteiger partial charge in [0.2, 0.25) is 5.95 Å². The Bertz CT molecular complexity index is 1410. The fourth-order valence-corrected chi connectivity index (χ4v) is 3.08. The van der Waals surface area contributed by atoms with Crippen LogP contribution in [-0.4, -0.2) is 19.6 Å². The van der Waals surface area contributed by atoms with Crippen LogP contribution in [0, 0.1) is 6.92 Å². The lowest BCUT2D eigenvalue weighted by Gasteiger charge is -2.11. The molecule has 0 aliphatic rings. The Hall–Kier alpha value is -4.20. The monoisotopic (exact) mass is 384 g/mol. The van der Waals surface area contributed by atoms with Gasteiger partial charge < -0.3 is 9.73 Å². The molecule has 0 unspecified atom stereocenters. The number of fused-ring (bicyclic) bond motifs is 2. The van der Waals surface area contributed by atoms with Gasteiger partial charge in [-0.15, -0.1) is 0 Å². The van der Waals surface area contributed by atoms with Gasteiger partial charge in [-0.05, 0) is 42.6 Å². The summed E-state index contributed by atoms with van der Waals surface area (Å²) in [5.41, 5.74) is 5.80. The van der Waals surface area contributed by atoms with E-state index in [9.17, 15) is 4.79 Å². The van der Waals surface area contributed by atoms with Crippen molar-refractivity contribution >= 4 is 39.3 Å². The molecule has 5 rings (SSSR count). The summed E-state index contributed by atoms with van der Waals surface area (Å²) in [7, 11) is 0. The summed E-state index contributed by atoms with van der Waals surface area (Å²) in [6.07, 6.45) is 5.26. The molecule has 0 bridgehead atoms. The number of benzene rings is 2. The molecular formula is C21H16N6O2. The van der Waals surface area contributed by atoms with Crippen LogP contribution in [0.4, 0.5) is 17.5 Å². The largest absolute Gasteiger partial charge is 0.439 e. The number of nitrogens with zero attached hydrogens (tertiary/aromatic N) is 4. The molecule has 5 aromatic rings. The van der Waals surface area contributed by atoms with Crippen LogP contribution in [0.15, 0.2) is 76.3 Å². The van der Waals surface area contributed by atoms with Gasteiger partial charge in [0, 0.05) is 35.2 Å². The predicted octanol–water partition coefficient (Wildman–Crippen LogP) is 3.86. The van der Waals surface area contributed by atoms with Crippen molar-refractivity contribution in [3.63, 3.8) is 0 Å². The number of hydrogen-bond acceptors (Lipinski definition) is 7. The minimum Gasteiger partial charge on any atom is -0.406 e. The highest BCUT2D eigenvalue weighted by Crippen LogP contribution is 2.22. The second-order valence-corrected chi connectivity index (χ2v) is 6.57. The summed E-state index contributed by atoms with van der Waals surface area (Å²) >= 11 is 0. The lowest BCUT2D eigenvalue weighted by molar-refractivity contribution is 0.532. The standard InChI is InChI=1S/C21H16N6O2/c1-13-11-23-20(24-16-7-6-15-12-22-9-8-14(15)10-16)25-19(13)26-27-17-4-2-3-5-18(17)29-21(27)28/h2-12H,1H3,(H2,23,24,25,26). The van der Waals surface area contributed by atoms with Gasteiger partial charge >= 0.3 is 5.76 Å². The first kappa shape index (κ1) is 16.9. The number of hydrogen-bond donors (Lipinski definition) is 2. The topological polar surface area (TPSA) is 97.9 Å². The number of anilines is 3. The SMILES string of the molecule is Cc1cnc(Nc2ccc3cnccc3c2)nc1Nn1c(=O)oc2ccccc21. The van der Waals surface area contributed by atoms with E-state index in [2.05, 4.69) is 25.7 Å². The van der Waals surface area contributed by atoms with E-state index >= 15 is 0 Å². The molecule has 142 valence electrons. The van der Waals surface area contributed by atoms with E-state index in [1.165, 1.54) is 4.68 Å². The number of pyridine rings is 1. The Morgan fingerprint density at radius 2 is 1.93 bits per heavy atom. The summed E-state index contributed by atoms with van der Waals surface area (Å²) in [4.78, 5) is 25.2. The summed E-state index contributed by atoms with van der Waals surface area (Å²) < 4.78 is 6.59. The quantitative estimate of drug-likeness (QED) is 0.485. The third-order valence-electron chi connectivity index (χ3n) is 4.57. The average Bonchev–Trinajstić information content (AvgIpc) is 3.05. The van der Waals surface area contributed by atoms with Gasteiger partial charge in [0.15, 0.2) is 11.4 Å². The third-order valence-corrected chi connectivity index (χ3v) is 4.57. The van der Waals surface area contributed by atoms with Crippen molar-refractivity contribution in [2.75, 3.05) is 10.7 Å². The zero-order chi connectivity index (χ0) is 19.8. The van der Waals surface area contributed by atoms with Crippen molar-refractivity contribution in [2.24, 2.45) is 0 Å². The molecule has 0 aliphatic heterocycles. The molecule has 3 aromatic heterocycles. The molecule has 0 saturated heterocycles. The van der Waals surface area contributed by atoms with Crippen LogP contribution in [0.25, 0.3) is 21.9 Å². The van der Waals surface area contributed by atoms with Crippen molar-refractivity contribution in [3.05, 3.63) is 83.2 Å². The second kappa shape index (κ2) is 6.75. The molecule has 2 aromatic carbocycles. The molecule has 0 saturated carbocycles. The van der Waals surface area contributed by atoms with E-state index in [1.807, 2.05) is 49.5 Å². The van der Waals surface area contributed by atoms with Gasteiger partial charge in [-0.2, -0.15) is 9.66 Å². The van der Waals surface area contributed by atoms with E-state index in [0.717, 1.165) is 22.0 Å². The highest BCUT2D eigenvalue weighted by atomic mass is 16.4. The maximum absolute atomic E-state index is 12.2. The number of oxazole rings is 1. The van der Waals surface area contributed by atoms with E-state index in [0.29, 0.717) is 22.9 Å². The van der Waals surface area contributed by atoms with Crippen LogP contribution < -0.4 is 16.5 Å². The minimum atomic E-state index is -0.512. The highest BCUT2D eigenvalue weighted by molar-refractivity contribution is 5.85. The number of rotatable bonds is 4. The summed E-state index contributed by atoms with van der Waals surface area (Å²) in [6.45, 7) is 1.86. The highest BCUT2D eigenvalue weighted by Gasteiger charge is 2.11. The van der Waals surface area contributed by atoms with E-state index in [4.69, 9.17) is 4.42 Å². The normalized spacial score (nSPS) is 11.1. The molecule has 0 amide bonds. The molecule has 0 spiro atoms. The van der Waals surface area contributed by atoms with E-state index in [1.54, 1.807) is 24.5 Å². The lowest BCUT2D eigenvalue weighted by atomic mass is 10.1. The Morgan fingerprint density at radius 3 is 2.86 bits per heavy atom. The number of para-hydroxylation sites is 2. The van der Waals surface area contributed by atoms with Crippen LogP contribution >= 0.6 is 0 Å². The first-order valence-corrected chi connectivity index (χ1v) is 8.99. The minimum absolute atomic E-state index is 0.410. The Labute approximate surface area is 164 Å². The number of aromatic nitrogens is 4. The van der Waals surface area contributed by atoms with E-state index < -0.39 is 5.76 Å². The van der Waals surface area contributed by atoms with Crippen LogP contribution in [0.1, 0.15) is 5.56 Å². The molecule has 3 heterocycles. The number of nitrogens with one attached hydrogen (secondary N) is 2. The first-order chi connectivity index (χ1) is 14.2. The summed E-state index contributed by atoms with van der Waals surface area (Å²) in [5, 5.41) is 5.32. The predicted molar refractivity (Wildman–Crippen MR) is 111 cm³/mol. The molecule has 0 aliphatic carbocycles. The zero-order valence-electron chi connectivity index (χ0n) is 15.5. The fourth-order valence-electron chi connectivity index (χ4n) is 3.08. The van der Waals surface area contributed by atoms with Crippen molar-refractivity contribution in [3.8, 4) is 0 Å². The Kier molecular flexibility index (Phi) is 3.94. The zero-order valence-corrected chi connectivity index (χ0v) is 15.5. The molecule has 8 heteroatoms. The number of aryl methyl sites for hydroxylation is 1. The van der Waals surface area contributed by atoms with Gasteiger partial charge in [0.05, 0.1) is 0 Å². The van der Waals surface area contributed by atoms with Crippen molar-refractivity contribution in [2.45, 2.75) is 6.92 Å². The average molecular weight is 384 g/mol. The Morgan fingerprint density at radius 1 is 1.03 bits per heavy atom. The maximum atomic E-state index is 12.2. The molecule has 29 heavy (non-hydrogen) atoms. The van der Waals surface area contributed by atoms with E-state index in [-0.39, 0.29) is 0 Å². The van der Waals surface area contributed by atoms with Crippen molar-refractivity contribution < 1.29 is 4.42 Å². The van der Waals surface area contributed by atoms with Crippen molar-refractivity contribution in [1.82, 2.24) is 19.6 Å². The molecule has 0 radical (unpaired) electrons. The first-order valence-electron chi connectivity index (χ1n) is 8.99. The smallest absolute Gasteiger partial charge is 0.406 e. The summed E-state index contributed by atoms with van der Waals surface area (Å²) in [5.74, 6) is 0.398. The molecule has 8 nitrogen and oxygen atoms in total. The molecule has 0 fully saturated rings. The molecule has 2 N–H and O–H groups in total. The van der Waals surface area contributed by atoms with Crippen LogP contribution in [-0.2, 0) is 0 Å². The second-order valence-electron chi connectivity index (χ2n) is 6.57. The van der Waals surface area contributed by atoms with Crippen LogP contribution in [0.5, 0.6) is 0 Å². The lowest BCUT2D eigenvalue weighted by Crippen LogP contribution is -2.23. The molecular weight excluding hydrogens is 368 g/mol. The van der Waals surface area contributed by atoms with Gasteiger partial charge in [-0.3, -0.25) is 10.4 Å². The fraction of sp³-hybridized carbons (Fsp3) is 0.0476. The van der Waals surface area contributed by atoms with Gasteiger partial charge in [-0.25, -0.2) is 9.78 Å².